The fourth-order valence-electron chi connectivity index (χ4n) is 3.23. The van der Waals surface area contributed by atoms with Gasteiger partial charge in [0, 0.05) is 25.2 Å². The maximum absolute atomic E-state index is 9.92. The molecular weight excluding hydrogens is 256 g/mol. The van der Waals surface area contributed by atoms with E-state index in [1.165, 1.54) is 32.4 Å². The zero-order valence-electron chi connectivity index (χ0n) is 12.9. The number of hydrogen-bond donors (Lipinski definition) is 2. The van der Waals surface area contributed by atoms with Crippen LogP contribution in [-0.4, -0.2) is 73.8 Å². The van der Waals surface area contributed by atoms with E-state index in [0.717, 1.165) is 0 Å². The Morgan fingerprint density at radius 3 is 2.90 bits per heavy atom. The molecule has 0 aromatic carbocycles. The van der Waals surface area contributed by atoms with Crippen LogP contribution < -0.4 is 5.32 Å². The minimum atomic E-state index is -0.426. The molecule has 0 radical (unpaired) electrons. The highest BCUT2D eigenvalue weighted by atomic mass is 16.5. The lowest BCUT2D eigenvalue weighted by molar-refractivity contribution is -0.0106. The molecule has 2 rings (SSSR count). The number of nitrogens with zero attached hydrogens (tertiary/aromatic N) is 1. The van der Waals surface area contributed by atoms with E-state index in [-0.39, 0.29) is 6.10 Å². The average molecular weight is 286 g/mol. The van der Waals surface area contributed by atoms with Gasteiger partial charge in [0.05, 0.1) is 32.0 Å². The Kier molecular flexibility index (Phi) is 6.71. The number of hydrogen-bond acceptors (Lipinski definition) is 5. The van der Waals surface area contributed by atoms with Gasteiger partial charge >= 0.3 is 0 Å². The van der Waals surface area contributed by atoms with Crippen LogP contribution in [0.2, 0.25) is 0 Å². The quantitative estimate of drug-likeness (QED) is 0.609. The van der Waals surface area contributed by atoms with Crippen LogP contribution >= 0.6 is 0 Å². The van der Waals surface area contributed by atoms with Gasteiger partial charge in [-0.25, -0.2) is 0 Å². The van der Waals surface area contributed by atoms with Crippen LogP contribution in [0, 0.1) is 0 Å². The second-order valence-corrected chi connectivity index (χ2v) is 6.20. The normalized spacial score (nSPS) is 28.2. The molecule has 2 heterocycles. The molecule has 2 aliphatic rings. The molecule has 0 aliphatic carbocycles. The van der Waals surface area contributed by atoms with Crippen LogP contribution in [0.15, 0.2) is 0 Å². The average Bonchev–Trinajstić information content (AvgIpc) is 2.98. The Balaban J connectivity index is 1.51. The molecule has 5 heteroatoms. The van der Waals surface area contributed by atoms with Crippen LogP contribution in [0.3, 0.4) is 0 Å². The maximum Gasteiger partial charge on any atom is 0.0897 e. The third-order valence-electron chi connectivity index (χ3n) is 4.21. The zero-order valence-corrected chi connectivity index (χ0v) is 12.9. The van der Waals surface area contributed by atoms with Gasteiger partial charge in [-0.05, 0) is 39.7 Å². The van der Waals surface area contributed by atoms with Gasteiger partial charge in [-0.15, -0.1) is 0 Å². The smallest absolute Gasteiger partial charge is 0.0897 e. The van der Waals surface area contributed by atoms with Gasteiger partial charge in [-0.1, -0.05) is 0 Å². The lowest BCUT2D eigenvalue weighted by atomic mass is 10.1. The van der Waals surface area contributed by atoms with Crippen molar-refractivity contribution in [3.8, 4) is 0 Å². The van der Waals surface area contributed by atoms with Crippen LogP contribution in [-0.2, 0) is 9.47 Å². The summed E-state index contributed by atoms with van der Waals surface area (Å²) in [5, 5.41) is 13.4. The van der Waals surface area contributed by atoms with Crippen molar-refractivity contribution in [3.63, 3.8) is 0 Å². The summed E-state index contributed by atoms with van der Waals surface area (Å²) >= 11 is 0. The molecular formula is C15H30N2O3. The Morgan fingerprint density at radius 2 is 2.10 bits per heavy atom. The first-order chi connectivity index (χ1) is 9.66. The first-order valence-electron chi connectivity index (χ1n) is 8.01. The van der Waals surface area contributed by atoms with Gasteiger partial charge in [-0.3, -0.25) is 4.90 Å². The van der Waals surface area contributed by atoms with Crippen molar-refractivity contribution >= 4 is 0 Å². The van der Waals surface area contributed by atoms with Crippen molar-refractivity contribution < 1.29 is 14.6 Å². The van der Waals surface area contributed by atoms with Crippen molar-refractivity contribution in [1.29, 1.82) is 0 Å². The fraction of sp³-hybridized carbons (Fsp3) is 1.00. The van der Waals surface area contributed by atoms with Crippen molar-refractivity contribution in [2.45, 2.75) is 57.4 Å². The third kappa shape index (κ3) is 4.97. The van der Waals surface area contributed by atoms with Gasteiger partial charge in [0.2, 0.25) is 0 Å². The molecule has 0 bridgehead atoms. The number of aliphatic hydroxyl groups is 1. The Hall–Kier alpha value is -0.200. The summed E-state index contributed by atoms with van der Waals surface area (Å²) in [5.41, 5.74) is 0. The fourth-order valence-corrected chi connectivity index (χ4v) is 3.23. The summed E-state index contributed by atoms with van der Waals surface area (Å²) in [4.78, 5) is 2.57. The molecule has 0 spiro atoms. The van der Waals surface area contributed by atoms with Crippen molar-refractivity contribution in [2.24, 2.45) is 0 Å². The van der Waals surface area contributed by atoms with E-state index in [9.17, 15) is 5.11 Å². The van der Waals surface area contributed by atoms with Crippen molar-refractivity contribution in [2.75, 3.05) is 39.5 Å². The van der Waals surface area contributed by atoms with E-state index in [4.69, 9.17) is 9.47 Å². The lowest BCUT2D eigenvalue weighted by Crippen LogP contribution is -2.43. The second kappa shape index (κ2) is 8.29. The molecule has 2 saturated heterocycles. The minimum absolute atomic E-state index is 0.238. The summed E-state index contributed by atoms with van der Waals surface area (Å²) < 4.78 is 10.8. The minimum Gasteiger partial charge on any atom is -0.389 e. The van der Waals surface area contributed by atoms with E-state index in [1.807, 2.05) is 13.8 Å². The molecule has 3 unspecified atom stereocenters. The highest BCUT2D eigenvalue weighted by Gasteiger charge is 2.36. The maximum atomic E-state index is 9.92. The molecule has 5 nitrogen and oxygen atoms in total. The molecule has 118 valence electrons. The molecule has 0 aromatic rings. The Bertz CT molecular complexity index is 276. The highest BCUT2D eigenvalue weighted by molar-refractivity contribution is 4.95. The van der Waals surface area contributed by atoms with Gasteiger partial charge < -0.3 is 19.9 Å². The van der Waals surface area contributed by atoms with Gasteiger partial charge in [-0.2, -0.15) is 0 Å². The van der Waals surface area contributed by atoms with Crippen LogP contribution in [0.5, 0.6) is 0 Å². The summed E-state index contributed by atoms with van der Waals surface area (Å²) in [5.74, 6) is 0. The Labute approximate surface area is 122 Å². The zero-order chi connectivity index (χ0) is 14.4. The Morgan fingerprint density at radius 1 is 1.25 bits per heavy atom. The van der Waals surface area contributed by atoms with E-state index in [2.05, 4.69) is 10.2 Å². The van der Waals surface area contributed by atoms with Crippen molar-refractivity contribution in [1.82, 2.24) is 10.2 Å². The monoisotopic (exact) mass is 286 g/mol. The van der Waals surface area contributed by atoms with E-state index >= 15 is 0 Å². The van der Waals surface area contributed by atoms with Crippen LogP contribution in [0.1, 0.15) is 33.1 Å². The SMILES string of the molecule is CC(C)OCCOCC(O)CNC1CCN2CCCC12. The topological polar surface area (TPSA) is 54.0 Å². The van der Waals surface area contributed by atoms with Gasteiger partial charge in [0.1, 0.15) is 0 Å². The van der Waals surface area contributed by atoms with Crippen molar-refractivity contribution in [3.05, 3.63) is 0 Å². The number of fused-ring (bicyclic) bond motifs is 1. The van der Waals surface area contributed by atoms with Gasteiger partial charge in [0.25, 0.3) is 0 Å². The van der Waals surface area contributed by atoms with Crippen LogP contribution in [0.25, 0.3) is 0 Å². The van der Waals surface area contributed by atoms with Crippen LogP contribution in [0.4, 0.5) is 0 Å². The predicted molar refractivity (Wildman–Crippen MR) is 78.9 cm³/mol. The second-order valence-electron chi connectivity index (χ2n) is 6.20. The molecule has 3 atom stereocenters. The van der Waals surface area contributed by atoms with E-state index in [1.54, 1.807) is 0 Å². The number of ether oxygens (including phenoxy) is 2. The molecule has 0 saturated carbocycles. The first kappa shape index (κ1) is 16.2. The molecule has 2 fully saturated rings. The molecule has 2 N–H and O–H groups in total. The van der Waals surface area contributed by atoms with Gasteiger partial charge in [0.15, 0.2) is 0 Å². The number of aliphatic hydroxyl groups excluding tert-OH is 1. The summed E-state index contributed by atoms with van der Waals surface area (Å²) in [6.45, 7) is 8.63. The lowest BCUT2D eigenvalue weighted by Gasteiger charge is -2.22. The van der Waals surface area contributed by atoms with E-state index < -0.39 is 6.10 Å². The molecule has 2 aliphatic heterocycles. The largest absolute Gasteiger partial charge is 0.389 e. The summed E-state index contributed by atoms with van der Waals surface area (Å²) in [6.07, 6.45) is 3.65. The van der Waals surface area contributed by atoms with E-state index in [0.29, 0.717) is 38.4 Å². The highest BCUT2D eigenvalue weighted by Crippen LogP contribution is 2.27. The third-order valence-corrected chi connectivity index (χ3v) is 4.21. The summed E-state index contributed by atoms with van der Waals surface area (Å²) in [7, 11) is 0. The molecule has 0 aromatic heterocycles. The number of rotatable bonds is 9. The first-order valence-corrected chi connectivity index (χ1v) is 8.01. The number of nitrogens with one attached hydrogen (secondary N) is 1. The molecule has 0 amide bonds. The molecule has 20 heavy (non-hydrogen) atoms. The standard InChI is InChI=1S/C15H30N2O3/c1-12(2)20-9-8-19-11-13(18)10-16-14-5-7-17-6-3-4-15(14)17/h12-16,18H,3-11H2,1-2H3. The summed E-state index contributed by atoms with van der Waals surface area (Å²) in [6, 6.07) is 1.25. The predicted octanol–water partition coefficient (Wildman–Crippen LogP) is 0.615.